The zero-order chi connectivity index (χ0) is 27.2. The Kier molecular flexibility index (Phi) is 7.52. The molecule has 3 heterocycles. The monoisotopic (exact) mass is 548 g/mol. The lowest BCUT2D eigenvalue weighted by atomic mass is 9.84. The molecule has 0 spiro atoms. The molecule has 1 fully saturated rings. The summed E-state index contributed by atoms with van der Waals surface area (Å²) < 4.78 is 77.8. The first-order valence-electron chi connectivity index (χ1n) is 12.2. The normalized spacial score (nSPS) is 22.0. The standard InChI is InChI=1S/C24H32F4N4O4S/c1-14(2)32-19-11-15(21(33)30-23(3)6-8-37(34,35)9-7-23)4-5-18(19)20(31-32)16-10-17(13-29-12-16)36-24(27,28)22(25)26/h10,12-15,22,34-35H,4-9,11H2,1-3H3,(H,30,33). The molecule has 13 heteroatoms. The van der Waals surface area contributed by atoms with Crippen LogP contribution in [-0.2, 0) is 17.6 Å². The third kappa shape index (κ3) is 6.04. The molecule has 4 rings (SSSR count). The Labute approximate surface area is 214 Å². The van der Waals surface area contributed by atoms with E-state index in [1.807, 2.05) is 20.8 Å². The molecule has 0 aromatic carbocycles. The van der Waals surface area contributed by atoms with Crippen molar-refractivity contribution in [3.8, 4) is 17.0 Å². The second-order valence-electron chi connectivity index (χ2n) is 10.4. The molecule has 8 nitrogen and oxygen atoms in total. The number of carbonyl (C=O) groups excluding carboxylic acids is 1. The van der Waals surface area contributed by atoms with Crippen LogP contribution < -0.4 is 10.1 Å². The molecule has 2 aliphatic rings. The smallest absolute Gasteiger partial charge is 0.427 e. The number of amides is 1. The van der Waals surface area contributed by atoms with Crippen LogP contribution in [0.15, 0.2) is 18.5 Å². The lowest BCUT2D eigenvalue weighted by Crippen LogP contribution is -2.52. The van der Waals surface area contributed by atoms with Gasteiger partial charge in [0.15, 0.2) is 0 Å². The van der Waals surface area contributed by atoms with Gasteiger partial charge in [-0.05, 0) is 52.5 Å². The fourth-order valence-corrected chi connectivity index (χ4v) is 6.61. The average Bonchev–Trinajstić information content (AvgIpc) is 3.20. The van der Waals surface area contributed by atoms with Gasteiger partial charge in [-0.15, -0.1) is 0 Å². The second-order valence-corrected chi connectivity index (χ2v) is 12.8. The van der Waals surface area contributed by atoms with Crippen LogP contribution in [0.5, 0.6) is 5.75 Å². The van der Waals surface area contributed by atoms with Crippen LogP contribution in [0.4, 0.5) is 17.6 Å². The van der Waals surface area contributed by atoms with Crippen molar-refractivity contribution in [2.24, 2.45) is 5.92 Å². The summed E-state index contributed by atoms with van der Waals surface area (Å²) >= 11 is 0. The number of halogens is 4. The highest BCUT2D eigenvalue weighted by Gasteiger charge is 2.44. The predicted molar refractivity (Wildman–Crippen MR) is 131 cm³/mol. The van der Waals surface area contributed by atoms with E-state index < -0.39 is 34.4 Å². The number of aromatic nitrogens is 3. The van der Waals surface area contributed by atoms with Gasteiger partial charge in [-0.2, -0.15) is 33.3 Å². The topological polar surface area (TPSA) is 110 Å². The van der Waals surface area contributed by atoms with Crippen LogP contribution in [0.1, 0.15) is 57.3 Å². The van der Waals surface area contributed by atoms with Gasteiger partial charge in [0, 0.05) is 58.4 Å². The van der Waals surface area contributed by atoms with Gasteiger partial charge in [0.05, 0.1) is 11.9 Å². The van der Waals surface area contributed by atoms with Crippen molar-refractivity contribution in [3.05, 3.63) is 29.7 Å². The first-order chi connectivity index (χ1) is 17.2. The van der Waals surface area contributed by atoms with E-state index in [9.17, 15) is 31.5 Å². The fraction of sp³-hybridized carbons (Fsp3) is 0.625. The van der Waals surface area contributed by atoms with Crippen molar-refractivity contribution in [1.29, 1.82) is 0 Å². The van der Waals surface area contributed by atoms with Crippen LogP contribution in [0.3, 0.4) is 0 Å². The number of fused-ring (bicyclic) bond motifs is 1. The molecule has 206 valence electrons. The highest BCUT2D eigenvalue weighted by atomic mass is 32.3. The molecule has 2 aromatic rings. The highest BCUT2D eigenvalue weighted by Crippen LogP contribution is 2.47. The number of rotatable bonds is 7. The first-order valence-corrected chi connectivity index (χ1v) is 14.0. The molecule has 37 heavy (non-hydrogen) atoms. The molecular formula is C24H32F4N4O4S. The highest BCUT2D eigenvalue weighted by molar-refractivity contribution is 8.24. The number of alkyl halides is 4. The lowest BCUT2D eigenvalue weighted by molar-refractivity contribution is -0.253. The summed E-state index contributed by atoms with van der Waals surface area (Å²) in [5.74, 6) is -0.382. The van der Waals surface area contributed by atoms with Crippen molar-refractivity contribution in [3.63, 3.8) is 0 Å². The first kappa shape index (κ1) is 27.6. The van der Waals surface area contributed by atoms with Gasteiger partial charge in [0.1, 0.15) is 5.75 Å². The van der Waals surface area contributed by atoms with Crippen molar-refractivity contribution in [2.75, 3.05) is 11.5 Å². The van der Waals surface area contributed by atoms with Crippen molar-refractivity contribution >= 4 is 16.5 Å². The zero-order valence-corrected chi connectivity index (χ0v) is 21.7. The SMILES string of the molecule is CC(C)n1nc(-c2cncc(OC(F)(F)C(F)F)c2)c2c1CC(C(=O)NC1(C)CCS(O)(O)CC1)CC2. The number of hydrogen-bond donors (Lipinski definition) is 3. The van der Waals surface area contributed by atoms with Crippen molar-refractivity contribution in [2.45, 2.75) is 77.0 Å². The molecule has 1 aliphatic carbocycles. The molecule has 1 aliphatic heterocycles. The van der Waals surface area contributed by atoms with Gasteiger partial charge in [-0.25, -0.2) is 0 Å². The van der Waals surface area contributed by atoms with Gasteiger partial charge < -0.3 is 10.1 Å². The average molecular weight is 549 g/mol. The minimum Gasteiger partial charge on any atom is -0.427 e. The molecule has 2 aromatic heterocycles. The van der Waals surface area contributed by atoms with Crippen LogP contribution >= 0.6 is 10.6 Å². The maximum Gasteiger partial charge on any atom is 0.461 e. The summed E-state index contributed by atoms with van der Waals surface area (Å²) in [5, 5.41) is 7.80. The number of ether oxygens (including phenoxy) is 1. The largest absolute Gasteiger partial charge is 0.461 e. The van der Waals surface area contributed by atoms with Gasteiger partial charge in [-0.3, -0.25) is 23.6 Å². The predicted octanol–water partition coefficient (Wildman–Crippen LogP) is 5.29. The van der Waals surface area contributed by atoms with E-state index >= 15 is 0 Å². The molecule has 1 saturated heterocycles. The van der Waals surface area contributed by atoms with Crippen LogP contribution in [0.25, 0.3) is 11.3 Å². The Morgan fingerprint density at radius 1 is 1.27 bits per heavy atom. The molecule has 0 saturated carbocycles. The van der Waals surface area contributed by atoms with Crippen LogP contribution in [-0.4, -0.2) is 59.4 Å². The fourth-order valence-electron chi connectivity index (χ4n) is 4.85. The Balaban J connectivity index is 1.56. The molecule has 1 unspecified atom stereocenters. The third-order valence-corrected chi connectivity index (χ3v) is 8.76. The maximum absolute atomic E-state index is 13.4. The summed E-state index contributed by atoms with van der Waals surface area (Å²) in [7, 11) is -2.57. The van der Waals surface area contributed by atoms with E-state index in [1.54, 1.807) is 4.68 Å². The molecule has 0 bridgehead atoms. The molecule has 1 amide bonds. The van der Waals surface area contributed by atoms with E-state index in [0.29, 0.717) is 43.4 Å². The van der Waals surface area contributed by atoms with E-state index in [2.05, 4.69) is 20.1 Å². The van der Waals surface area contributed by atoms with E-state index in [-0.39, 0.29) is 29.4 Å². The summed E-state index contributed by atoms with van der Waals surface area (Å²) in [6.45, 7) is 5.79. The van der Waals surface area contributed by atoms with Crippen molar-refractivity contribution < 1.29 is 36.2 Å². The van der Waals surface area contributed by atoms with Crippen LogP contribution in [0, 0.1) is 5.92 Å². The van der Waals surface area contributed by atoms with Gasteiger partial charge in [0.25, 0.3) is 0 Å². The molecule has 1 atom stereocenters. The Morgan fingerprint density at radius 2 is 1.95 bits per heavy atom. The summed E-state index contributed by atoms with van der Waals surface area (Å²) in [4.78, 5) is 17.1. The summed E-state index contributed by atoms with van der Waals surface area (Å²) in [5.41, 5.74) is 2.05. The van der Waals surface area contributed by atoms with Gasteiger partial charge >= 0.3 is 12.5 Å². The van der Waals surface area contributed by atoms with Crippen LogP contribution in [0.2, 0.25) is 0 Å². The lowest BCUT2D eigenvalue weighted by Gasteiger charge is -2.45. The van der Waals surface area contributed by atoms with Crippen molar-refractivity contribution in [1.82, 2.24) is 20.1 Å². The van der Waals surface area contributed by atoms with E-state index in [4.69, 9.17) is 0 Å². The minimum atomic E-state index is -4.65. The minimum absolute atomic E-state index is 0.0547. The van der Waals surface area contributed by atoms with Gasteiger partial charge in [0.2, 0.25) is 5.91 Å². The summed E-state index contributed by atoms with van der Waals surface area (Å²) in [6.07, 6.45) is -3.84. The Bertz CT molecular complexity index is 1150. The zero-order valence-electron chi connectivity index (χ0n) is 20.9. The number of pyridine rings is 1. The second kappa shape index (κ2) is 10.1. The number of nitrogens with one attached hydrogen (secondary N) is 1. The molecule has 0 radical (unpaired) electrons. The Hall–Kier alpha value is -2.38. The molecule has 3 N–H and O–H groups in total. The number of carbonyl (C=O) groups is 1. The quantitative estimate of drug-likeness (QED) is 0.406. The van der Waals surface area contributed by atoms with E-state index in [1.165, 1.54) is 12.3 Å². The van der Waals surface area contributed by atoms with Gasteiger partial charge in [-0.1, -0.05) is 0 Å². The maximum atomic E-state index is 13.4. The molecular weight excluding hydrogens is 516 g/mol. The summed E-state index contributed by atoms with van der Waals surface area (Å²) in [6, 6.07) is 1.16. The number of hydrogen-bond acceptors (Lipinski definition) is 6. The third-order valence-electron chi connectivity index (χ3n) is 7.04. The Morgan fingerprint density at radius 3 is 2.57 bits per heavy atom. The van der Waals surface area contributed by atoms with E-state index in [0.717, 1.165) is 17.5 Å². The number of nitrogens with zero attached hydrogens (tertiary/aromatic N) is 3.